The molecule has 0 aliphatic rings. The maximum absolute atomic E-state index is 4.21. The molecule has 1 aromatic rings. The lowest BCUT2D eigenvalue weighted by Gasteiger charge is -2.16. The number of rotatable bonds is 22. The Bertz CT molecular complexity index is 518. The summed E-state index contributed by atoms with van der Waals surface area (Å²) in [5.41, 5.74) is 1.42. The van der Waals surface area contributed by atoms with Crippen LogP contribution in [-0.2, 0) is 6.42 Å². The van der Waals surface area contributed by atoms with Crippen LogP contribution in [0.25, 0.3) is 0 Å². The van der Waals surface area contributed by atoms with Crippen molar-refractivity contribution in [3.63, 3.8) is 0 Å². The fourth-order valence-corrected chi connectivity index (χ4v) is 7.60. The van der Waals surface area contributed by atoms with Crippen molar-refractivity contribution < 1.29 is 0 Å². The summed E-state index contributed by atoms with van der Waals surface area (Å²) in [6.07, 6.45) is 21.5. The van der Waals surface area contributed by atoms with E-state index in [2.05, 4.69) is 75.1 Å². The maximum atomic E-state index is 4.21. The van der Waals surface area contributed by atoms with Gasteiger partial charge < -0.3 is 0 Å². The van der Waals surface area contributed by atoms with Gasteiger partial charge in [-0.05, 0) is 67.6 Å². The Labute approximate surface area is 214 Å². The van der Waals surface area contributed by atoms with Crippen molar-refractivity contribution in [2.45, 2.75) is 138 Å². The zero-order valence-corrected chi connectivity index (χ0v) is 24.0. The minimum absolute atomic E-state index is 0.899. The number of benzene rings is 1. The quantitative estimate of drug-likeness (QED) is 0.116. The van der Waals surface area contributed by atoms with Crippen LogP contribution in [0.1, 0.15) is 123 Å². The van der Waals surface area contributed by atoms with Crippen LogP contribution in [-0.4, -0.2) is 17.3 Å². The highest BCUT2D eigenvalue weighted by Crippen LogP contribution is 2.41. The predicted molar refractivity (Wildman–Crippen MR) is 154 cm³/mol. The zero-order chi connectivity index (χ0) is 23.3. The lowest BCUT2D eigenvalue weighted by molar-refractivity contribution is 0.658. The van der Waals surface area contributed by atoms with E-state index in [1.807, 2.05) is 0 Å². The van der Waals surface area contributed by atoms with E-state index in [4.69, 9.17) is 0 Å². The van der Waals surface area contributed by atoms with Crippen LogP contribution >= 0.6 is 35.3 Å². The van der Waals surface area contributed by atoms with Gasteiger partial charge in [0.05, 0.1) is 0 Å². The van der Waals surface area contributed by atoms with Crippen LogP contribution < -0.4 is 0 Å². The number of thioether (sulfide) groups is 3. The van der Waals surface area contributed by atoms with Gasteiger partial charge in [-0.3, -0.25) is 0 Å². The molecule has 0 fully saturated rings. The molecule has 0 spiro atoms. The van der Waals surface area contributed by atoms with E-state index >= 15 is 0 Å². The van der Waals surface area contributed by atoms with Gasteiger partial charge in [-0.2, -0.15) is 0 Å². The molecule has 0 amide bonds. The van der Waals surface area contributed by atoms with E-state index in [0.717, 1.165) is 6.42 Å². The van der Waals surface area contributed by atoms with Gasteiger partial charge in [0.25, 0.3) is 0 Å². The first-order valence-corrected chi connectivity index (χ1v) is 16.6. The first-order valence-electron chi connectivity index (χ1n) is 13.6. The van der Waals surface area contributed by atoms with Crippen LogP contribution in [0.5, 0.6) is 0 Å². The molecule has 1 aromatic carbocycles. The highest BCUT2D eigenvalue weighted by atomic mass is 32.2. The van der Waals surface area contributed by atoms with Crippen molar-refractivity contribution in [3.05, 3.63) is 24.6 Å². The van der Waals surface area contributed by atoms with Gasteiger partial charge >= 0.3 is 0 Å². The lowest BCUT2D eigenvalue weighted by atomic mass is 10.2. The van der Waals surface area contributed by atoms with Gasteiger partial charge in [-0.1, -0.05) is 97.8 Å². The molecule has 0 saturated heterocycles. The third-order valence-electron chi connectivity index (χ3n) is 5.87. The van der Waals surface area contributed by atoms with Crippen LogP contribution in [0.2, 0.25) is 0 Å². The molecular formula is C29H51S3. The van der Waals surface area contributed by atoms with E-state index < -0.39 is 0 Å². The summed E-state index contributed by atoms with van der Waals surface area (Å²) in [4.78, 5) is 4.65. The average molecular weight is 496 g/mol. The van der Waals surface area contributed by atoms with Gasteiger partial charge in [0.15, 0.2) is 0 Å². The zero-order valence-electron chi connectivity index (χ0n) is 21.5. The smallest absolute Gasteiger partial charge is 0.0344 e. The van der Waals surface area contributed by atoms with E-state index in [-0.39, 0.29) is 0 Å². The summed E-state index contributed by atoms with van der Waals surface area (Å²) in [6.45, 7) is 11.1. The van der Waals surface area contributed by atoms with Gasteiger partial charge in [-0.25, -0.2) is 0 Å². The van der Waals surface area contributed by atoms with Gasteiger partial charge in [0, 0.05) is 14.7 Å². The number of unbranched alkanes of at least 4 members (excludes halogenated alkanes) is 12. The Balaban J connectivity index is 2.74. The fraction of sp³-hybridized carbons (Fsp3) is 0.759. The van der Waals surface area contributed by atoms with Gasteiger partial charge in [0.1, 0.15) is 0 Å². The summed E-state index contributed by atoms with van der Waals surface area (Å²) in [6, 6.07) is 4.91. The summed E-state index contributed by atoms with van der Waals surface area (Å²) >= 11 is 6.35. The Morgan fingerprint density at radius 1 is 0.531 bits per heavy atom. The van der Waals surface area contributed by atoms with Gasteiger partial charge in [-0.15, -0.1) is 35.3 Å². The number of hydrogen-bond acceptors (Lipinski definition) is 3. The molecule has 32 heavy (non-hydrogen) atoms. The summed E-state index contributed by atoms with van der Waals surface area (Å²) < 4.78 is 0. The standard InChI is InChI=1S/C29H51S3/c1-5-9-12-15-18-21-30-27-24-26(8-4)25-28(31-22-19-16-13-10-6-2)29(27)32-23-20-17-14-11-7-3/h24-25H,4-23H2,1-3H3. The predicted octanol–water partition coefficient (Wildman–Crippen LogP) is 11.3. The first kappa shape index (κ1) is 30.3. The molecule has 0 nitrogen and oxygen atoms in total. The highest BCUT2D eigenvalue weighted by Gasteiger charge is 2.13. The fourth-order valence-electron chi connectivity index (χ4n) is 3.79. The molecule has 0 heterocycles. The molecule has 0 saturated carbocycles. The SMILES string of the molecule is [CH2]Cc1cc(SCCCCCCC)c(SCCCCCCC)c(SCCCCCCC)c1. The van der Waals surface area contributed by atoms with E-state index in [1.54, 1.807) is 4.90 Å². The van der Waals surface area contributed by atoms with Gasteiger partial charge in [0.2, 0.25) is 0 Å². The second-order valence-corrected chi connectivity index (χ2v) is 12.3. The summed E-state index contributed by atoms with van der Waals surface area (Å²) in [7, 11) is 0. The summed E-state index contributed by atoms with van der Waals surface area (Å²) in [5, 5.41) is 0. The Kier molecular flexibility index (Phi) is 20.6. The van der Waals surface area contributed by atoms with Crippen molar-refractivity contribution in [3.8, 4) is 0 Å². The molecule has 0 aromatic heterocycles. The van der Waals surface area contributed by atoms with Crippen molar-refractivity contribution in [1.29, 1.82) is 0 Å². The molecule has 0 aliphatic carbocycles. The van der Waals surface area contributed by atoms with Crippen LogP contribution in [0, 0.1) is 6.92 Å². The minimum Gasteiger partial charge on any atom is -0.125 e. The van der Waals surface area contributed by atoms with Crippen LogP contribution in [0.3, 0.4) is 0 Å². The second kappa shape index (κ2) is 21.8. The molecule has 0 N–H and O–H groups in total. The monoisotopic (exact) mass is 495 g/mol. The van der Waals surface area contributed by atoms with Crippen LogP contribution in [0.4, 0.5) is 0 Å². The molecule has 0 atom stereocenters. The second-order valence-electron chi connectivity index (χ2n) is 8.96. The lowest BCUT2D eigenvalue weighted by Crippen LogP contribution is -1.94. The average Bonchev–Trinajstić information content (AvgIpc) is 2.81. The summed E-state index contributed by atoms with van der Waals surface area (Å²) in [5.74, 6) is 3.78. The largest absolute Gasteiger partial charge is 0.125 e. The van der Waals surface area contributed by atoms with Crippen molar-refractivity contribution in [1.82, 2.24) is 0 Å². The number of hydrogen-bond donors (Lipinski definition) is 0. The molecule has 185 valence electrons. The van der Waals surface area contributed by atoms with E-state index in [9.17, 15) is 0 Å². The molecule has 0 unspecified atom stereocenters. The first-order chi connectivity index (χ1) is 15.8. The molecule has 0 aliphatic heterocycles. The normalized spacial score (nSPS) is 11.4. The Morgan fingerprint density at radius 2 is 0.906 bits per heavy atom. The molecule has 3 heteroatoms. The van der Waals surface area contributed by atoms with E-state index in [0.29, 0.717) is 0 Å². The molecule has 1 rings (SSSR count). The van der Waals surface area contributed by atoms with Crippen molar-refractivity contribution in [2.24, 2.45) is 0 Å². The van der Waals surface area contributed by atoms with E-state index in [1.165, 1.54) is 129 Å². The van der Waals surface area contributed by atoms with Crippen molar-refractivity contribution >= 4 is 35.3 Å². The highest BCUT2D eigenvalue weighted by molar-refractivity contribution is 8.03. The minimum atomic E-state index is 0.899. The van der Waals surface area contributed by atoms with Crippen LogP contribution in [0.15, 0.2) is 26.8 Å². The van der Waals surface area contributed by atoms with Crippen molar-refractivity contribution in [2.75, 3.05) is 17.3 Å². The third-order valence-corrected chi connectivity index (χ3v) is 9.61. The topological polar surface area (TPSA) is 0 Å². The third kappa shape index (κ3) is 14.5. The molecular weight excluding hydrogens is 445 g/mol. The maximum Gasteiger partial charge on any atom is 0.0344 e. The Morgan fingerprint density at radius 3 is 1.28 bits per heavy atom. The Hall–Kier alpha value is 0.270. The molecule has 0 bridgehead atoms. The molecule has 1 radical (unpaired) electrons.